The number of nitrogens with one attached hydrogen (secondary N) is 1. The highest BCUT2D eigenvalue weighted by Crippen LogP contribution is 2.25. The summed E-state index contributed by atoms with van der Waals surface area (Å²) in [6.07, 6.45) is 4.18. The molecule has 1 atom stereocenters. The van der Waals surface area contributed by atoms with Crippen LogP contribution in [-0.4, -0.2) is 31.6 Å². The lowest BCUT2D eigenvalue weighted by molar-refractivity contribution is -0.141. The Morgan fingerprint density at radius 1 is 1.57 bits per heavy atom. The Morgan fingerprint density at radius 2 is 2.33 bits per heavy atom. The standard InChI is InChI=1S/C14H15ClN4O2/c1-3-4-7-14(2,12(20)21)19-11-10-9(6-5-8-16-10)17-13(15)18-11/h3,5-6,8H,1,4,7H2,2H3,(H,20,21)(H,17,18,19)/t14-/m1/s1. The summed E-state index contributed by atoms with van der Waals surface area (Å²) >= 11 is 5.88. The molecule has 0 aliphatic heterocycles. The SMILES string of the molecule is C=CCC[C@@](C)(Nc1nc(Cl)nc2cccnc12)C(=O)O. The van der Waals surface area contributed by atoms with E-state index in [0.29, 0.717) is 29.7 Å². The van der Waals surface area contributed by atoms with Gasteiger partial charge < -0.3 is 10.4 Å². The van der Waals surface area contributed by atoms with Gasteiger partial charge in [0.1, 0.15) is 11.1 Å². The van der Waals surface area contributed by atoms with E-state index < -0.39 is 11.5 Å². The fraction of sp³-hybridized carbons (Fsp3) is 0.286. The average molecular weight is 307 g/mol. The number of aromatic nitrogens is 3. The quantitative estimate of drug-likeness (QED) is 0.630. The third-order valence-corrected chi connectivity index (χ3v) is 3.31. The minimum absolute atomic E-state index is 0.0365. The molecule has 2 N–H and O–H groups in total. The Hall–Kier alpha value is -2.21. The molecule has 21 heavy (non-hydrogen) atoms. The molecule has 0 saturated carbocycles. The molecular weight excluding hydrogens is 292 g/mol. The highest BCUT2D eigenvalue weighted by molar-refractivity contribution is 6.28. The molecule has 2 aromatic rings. The number of halogens is 1. The van der Waals surface area contributed by atoms with Gasteiger partial charge in [-0.15, -0.1) is 6.58 Å². The first kappa shape index (κ1) is 15.2. The zero-order valence-electron chi connectivity index (χ0n) is 11.5. The van der Waals surface area contributed by atoms with E-state index in [0.717, 1.165) is 0 Å². The number of carboxylic acid groups (broad SMARTS) is 1. The van der Waals surface area contributed by atoms with Crippen molar-refractivity contribution in [3.05, 3.63) is 36.3 Å². The Bertz CT molecular complexity index is 692. The molecule has 2 aromatic heterocycles. The number of fused-ring (bicyclic) bond motifs is 1. The Morgan fingerprint density at radius 3 is 3.00 bits per heavy atom. The molecule has 6 nitrogen and oxygen atoms in total. The van der Waals surface area contributed by atoms with Crippen molar-refractivity contribution in [1.29, 1.82) is 0 Å². The van der Waals surface area contributed by atoms with Crippen molar-refractivity contribution in [2.75, 3.05) is 5.32 Å². The number of carbonyl (C=O) groups is 1. The molecule has 0 spiro atoms. The van der Waals surface area contributed by atoms with Crippen LogP contribution in [0.15, 0.2) is 31.0 Å². The summed E-state index contributed by atoms with van der Waals surface area (Å²) in [5.74, 6) is -0.678. The summed E-state index contributed by atoms with van der Waals surface area (Å²) in [6, 6.07) is 3.46. The van der Waals surface area contributed by atoms with Gasteiger partial charge in [-0.2, -0.15) is 4.98 Å². The normalized spacial score (nSPS) is 13.6. The maximum atomic E-state index is 11.6. The minimum atomic E-state index is -1.20. The number of pyridine rings is 1. The molecule has 0 aromatic carbocycles. The van der Waals surface area contributed by atoms with Crippen LogP contribution in [0.1, 0.15) is 19.8 Å². The molecule has 110 valence electrons. The molecule has 7 heteroatoms. The van der Waals surface area contributed by atoms with Crippen LogP contribution in [0.5, 0.6) is 0 Å². The zero-order chi connectivity index (χ0) is 15.5. The molecule has 0 bridgehead atoms. The van der Waals surface area contributed by atoms with Crippen molar-refractivity contribution in [1.82, 2.24) is 15.0 Å². The van der Waals surface area contributed by atoms with Gasteiger partial charge in [-0.25, -0.2) is 9.78 Å². The maximum Gasteiger partial charge on any atom is 0.329 e. The summed E-state index contributed by atoms with van der Waals surface area (Å²) in [4.78, 5) is 23.9. The lowest BCUT2D eigenvalue weighted by Crippen LogP contribution is -2.43. The first-order valence-electron chi connectivity index (χ1n) is 6.37. The number of anilines is 1. The van der Waals surface area contributed by atoms with E-state index in [-0.39, 0.29) is 5.28 Å². The third-order valence-electron chi connectivity index (χ3n) is 3.14. The van der Waals surface area contributed by atoms with E-state index in [1.54, 1.807) is 31.3 Å². The molecule has 0 radical (unpaired) electrons. The molecule has 0 fully saturated rings. The molecule has 0 aliphatic rings. The molecule has 0 unspecified atom stereocenters. The first-order valence-corrected chi connectivity index (χ1v) is 6.75. The first-order chi connectivity index (χ1) is 9.96. The van der Waals surface area contributed by atoms with Crippen molar-refractivity contribution >= 4 is 34.4 Å². The van der Waals surface area contributed by atoms with Gasteiger partial charge >= 0.3 is 5.97 Å². The summed E-state index contributed by atoms with van der Waals surface area (Å²) < 4.78 is 0. The highest BCUT2D eigenvalue weighted by Gasteiger charge is 2.33. The van der Waals surface area contributed by atoms with Crippen LogP contribution in [0.25, 0.3) is 11.0 Å². The van der Waals surface area contributed by atoms with Gasteiger partial charge in [0, 0.05) is 6.20 Å². The van der Waals surface area contributed by atoms with Gasteiger partial charge in [0.2, 0.25) is 5.28 Å². The average Bonchev–Trinajstić information content (AvgIpc) is 2.44. The van der Waals surface area contributed by atoms with Gasteiger partial charge in [0.15, 0.2) is 5.82 Å². The van der Waals surface area contributed by atoms with Gasteiger partial charge in [0.25, 0.3) is 0 Å². The molecule has 2 rings (SSSR count). The number of allylic oxidation sites excluding steroid dienone is 1. The van der Waals surface area contributed by atoms with Crippen molar-refractivity contribution in [2.24, 2.45) is 0 Å². The van der Waals surface area contributed by atoms with Gasteiger partial charge in [-0.1, -0.05) is 6.08 Å². The van der Waals surface area contributed by atoms with E-state index in [2.05, 4.69) is 26.8 Å². The zero-order valence-corrected chi connectivity index (χ0v) is 12.3. The second-order valence-corrected chi connectivity index (χ2v) is 5.14. The smallest absolute Gasteiger partial charge is 0.329 e. The number of nitrogens with zero attached hydrogens (tertiary/aromatic N) is 3. The van der Waals surface area contributed by atoms with Crippen LogP contribution in [0.4, 0.5) is 5.82 Å². The largest absolute Gasteiger partial charge is 0.480 e. The Labute approximate surface area is 126 Å². The van der Waals surface area contributed by atoms with Crippen molar-refractivity contribution in [3.63, 3.8) is 0 Å². The van der Waals surface area contributed by atoms with Crippen molar-refractivity contribution in [2.45, 2.75) is 25.3 Å². The topological polar surface area (TPSA) is 88.0 Å². The van der Waals surface area contributed by atoms with Gasteiger partial charge in [0.05, 0.1) is 5.52 Å². The Kier molecular flexibility index (Phi) is 4.37. The van der Waals surface area contributed by atoms with E-state index in [4.69, 9.17) is 11.6 Å². The third kappa shape index (κ3) is 3.28. The second-order valence-electron chi connectivity index (χ2n) is 4.80. The van der Waals surface area contributed by atoms with Crippen LogP contribution in [0.3, 0.4) is 0 Å². The fourth-order valence-electron chi connectivity index (χ4n) is 1.90. The van der Waals surface area contributed by atoms with Gasteiger partial charge in [-0.3, -0.25) is 4.98 Å². The molecule has 0 amide bonds. The van der Waals surface area contributed by atoms with Crippen LogP contribution in [-0.2, 0) is 4.79 Å². The van der Waals surface area contributed by atoms with Crippen molar-refractivity contribution in [3.8, 4) is 0 Å². The van der Waals surface area contributed by atoms with E-state index in [1.807, 2.05) is 0 Å². The molecule has 0 saturated heterocycles. The monoisotopic (exact) mass is 306 g/mol. The predicted molar refractivity (Wildman–Crippen MR) is 81.4 cm³/mol. The van der Waals surface area contributed by atoms with Crippen LogP contribution in [0.2, 0.25) is 5.28 Å². The van der Waals surface area contributed by atoms with Crippen molar-refractivity contribution < 1.29 is 9.90 Å². The summed E-state index contributed by atoms with van der Waals surface area (Å²) in [5.41, 5.74) is -0.166. The number of hydrogen-bond acceptors (Lipinski definition) is 5. The predicted octanol–water partition coefficient (Wildman–Crippen LogP) is 2.90. The minimum Gasteiger partial charge on any atom is -0.480 e. The Balaban J connectivity index is 2.45. The van der Waals surface area contributed by atoms with Crippen LogP contribution >= 0.6 is 11.6 Å². The highest BCUT2D eigenvalue weighted by atomic mass is 35.5. The van der Waals surface area contributed by atoms with E-state index in [9.17, 15) is 9.90 Å². The number of aliphatic carboxylic acids is 1. The fourth-order valence-corrected chi connectivity index (χ4v) is 2.08. The summed E-state index contributed by atoms with van der Waals surface area (Å²) in [7, 11) is 0. The second kappa shape index (κ2) is 6.05. The molecule has 0 aliphatic carbocycles. The molecular formula is C14H15ClN4O2. The lowest BCUT2D eigenvalue weighted by atomic mass is 9.96. The number of rotatable bonds is 6. The maximum absolute atomic E-state index is 11.6. The van der Waals surface area contributed by atoms with Crippen LogP contribution in [0, 0.1) is 0 Å². The summed E-state index contributed by atoms with van der Waals surface area (Å²) in [5, 5.41) is 12.4. The van der Waals surface area contributed by atoms with Crippen LogP contribution < -0.4 is 5.32 Å². The lowest BCUT2D eigenvalue weighted by Gasteiger charge is -2.26. The molecule has 2 heterocycles. The van der Waals surface area contributed by atoms with E-state index in [1.165, 1.54) is 0 Å². The van der Waals surface area contributed by atoms with E-state index >= 15 is 0 Å². The summed E-state index contributed by atoms with van der Waals surface area (Å²) in [6.45, 7) is 5.20. The number of hydrogen-bond donors (Lipinski definition) is 2. The number of carboxylic acids is 1. The van der Waals surface area contributed by atoms with Gasteiger partial charge in [-0.05, 0) is 43.5 Å².